The van der Waals surface area contributed by atoms with Gasteiger partial charge < -0.3 is 5.43 Å². The second-order valence-corrected chi connectivity index (χ2v) is 5.86. The molecule has 1 spiro atoms. The van der Waals surface area contributed by atoms with E-state index < -0.39 is 0 Å². The summed E-state index contributed by atoms with van der Waals surface area (Å²) in [4.78, 5) is 0. The van der Waals surface area contributed by atoms with E-state index in [1.54, 1.807) is 11.1 Å². The molecule has 2 fully saturated rings. The summed E-state index contributed by atoms with van der Waals surface area (Å²) in [5.74, 6) is 0.887. The summed E-state index contributed by atoms with van der Waals surface area (Å²) in [7, 11) is 0. The van der Waals surface area contributed by atoms with E-state index in [1.165, 1.54) is 36.1 Å². The minimum atomic E-state index is 0.767. The maximum absolute atomic E-state index is 3.25. The first-order valence-corrected chi connectivity index (χ1v) is 8.33. The highest BCUT2D eigenvalue weighted by Gasteiger charge is 2.63. The zero-order valence-corrected chi connectivity index (χ0v) is 14.0. The fourth-order valence-electron chi connectivity index (χ4n) is 3.61. The van der Waals surface area contributed by atoms with E-state index in [0.717, 1.165) is 17.9 Å². The molecule has 0 aromatic heterocycles. The Kier molecular flexibility index (Phi) is 4.43. The Bertz CT molecular complexity index is 487. The van der Waals surface area contributed by atoms with E-state index in [1.807, 2.05) is 27.7 Å². The van der Waals surface area contributed by atoms with Gasteiger partial charge in [0.1, 0.15) is 0 Å². The van der Waals surface area contributed by atoms with Crippen molar-refractivity contribution in [2.24, 2.45) is 5.41 Å². The van der Waals surface area contributed by atoms with Crippen LogP contribution in [0, 0.1) is 19.3 Å². The Balaban J connectivity index is 0.000000340. The average Bonchev–Trinajstić information content (AvgIpc) is 3.35. The van der Waals surface area contributed by atoms with Crippen molar-refractivity contribution in [2.45, 2.75) is 73.3 Å². The smallest absolute Gasteiger partial charge is 0.0538 e. The molecule has 1 atom stereocenters. The van der Waals surface area contributed by atoms with Crippen LogP contribution in [0.15, 0.2) is 6.07 Å². The normalized spacial score (nSPS) is 22.8. The van der Waals surface area contributed by atoms with Gasteiger partial charge in [0.15, 0.2) is 0 Å². The molecule has 0 bridgehead atoms. The molecule has 0 saturated heterocycles. The summed E-state index contributed by atoms with van der Waals surface area (Å²) < 4.78 is 0. The number of nitrogens with one attached hydrogen (secondary N) is 2. The van der Waals surface area contributed by atoms with Crippen LogP contribution in [0.25, 0.3) is 0 Å². The molecule has 2 heteroatoms. The fourth-order valence-corrected chi connectivity index (χ4v) is 3.61. The van der Waals surface area contributed by atoms with Gasteiger partial charge in [-0.15, -0.1) is 0 Å². The van der Waals surface area contributed by atoms with Gasteiger partial charge in [-0.05, 0) is 72.8 Å². The van der Waals surface area contributed by atoms with Gasteiger partial charge in [-0.2, -0.15) is 0 Å². The summed E-state index contributed by atoms with van der Waals surface area (Å²) in [6.45, 7) is 13.6. The van der Waals surface area contributed by atoms with Crippen LogP contribution >= 0.6 is 0 Å². The molecule has 2 aliphatic carbocycles. The monoisotopic (exact) mass is 274 g/mol. The topological polar surface area (TPSA) is 24.1 Å². The van der Waals surface area contributed by atoms with Crippen molar-refractivity contribution >= 4 is 5.69 Å². The average molecular weight is 274 g/mol. The van der Waals surface area contributed by atoms with E-state index in [0.29, 0.717) is 0 Å². The molecule has 4 rings (SSSR count). The Morgan fingerprint density at radius 1 is 1.10 bits per heavy atom. The molecule has 1 heterocycles. The minimum absolute atomic E-state index is 0.767. The third-order valence-corrected chi connectivity index (χ3v) is 4.89. The molecule has 20 heavy (non-hydrogen) atoms. The molecule has 1 aromatic rings. The standard InChI is InChI=1S/C14H18N2.2C2H6/c1-8-5-12-10(7-15-16-12)9(2)13(8)11-6-14(11)3-4-14;2*1-2/h5,11,15-16H,3-4,6-7H2,1-2H3;2*1-2H3. The molecule has 1 unspecified atom stereocenters. The molecule has 3 aliphatic rings. The summed E-state index contributed by atoms with van der Waals surface area (Å²) in [6, 6.07) is 2.33. The van der Waals surface area contributed by atoms with Gasteiger partial charge in [0.25, 0.3) is 0 Å². The lowest BCUT2D eigenvalue weighted by molar-refractivity contribution is 0.823. The van der Waals surface area contributed by atoms with Crippen LogP contribution in [-0.2, 0) is 6.54 Å². The van der Waals surface area contributed by atoms with Gasteiger partial charge in [-0.1, -0.05) is 27.7 Å². The Labute approximate surface area is 124 Å². The largest absolute Gasteiger partial charge is 0.321 e. The molecule has 0 radical (unpaired) electrons. The molecular formula is C18H30N2. The molecule has 2 N–H and O–H groups in total. The second kappa shape index (κ2) is 5.77. The number of hydrazine groups is 1. The Morgan fingerprint density at radius 2 is 1.75 bits per heavy atom. The van der Waals surface area contributed by atoms with Gasteiger partial charge in [-0.25, -0.2) is 5.43 Å². The lowest BCUT2D eigenvalue weighted by atomic mass is 9.92. The summed E-state index contributed by atoms with van der Waals surface area (Å²) in [5.41, 5.74) is 14.7. The Hall–Kier alpha value is -1.02. The molecule has 2 saturated carbocycles. The van der Waals surface area contributed by atoms with Gasteiger partial charge >= 0.3 is 0 Å². The van der Waals surface area contributed by atoms with E-state index >= 15 is 0 Å². The molecule has 2 nitrogen and oxygen atoms in total. The predicted octanol–water partition coefficient (Wildman–Crippen LogP) is 5.05. The molecular weight excluding hydrogens is 244 g/mol. The highest BCUT2D eigenvalue weighted by Crippen LogP contribution is 2.75. The first-order chi connectivity index (χ1) is 9.71. The summed E-state index contributed by atoms with van der Waals surface area (Å²) >= 11 is 0. The van der Waals surface area contributed by atoms with Crippen molar-refractivity contribution in [1.29, 1.82) is 0 Å². The van der Waals surface area contributed by atoms with Crippen molar-refractivity contribution in [2.75, 3.05) is 5.43 Å². The minimum Gasteiger partial charge on any atom is -0.321 e. The zero-order chi connectivity index (χ0) is 14.9. The molecule has 1 aromatic carbocycles. The lowest BCUT2D eigenvalue weighted by Gasteiger charge is -2.13. The maximum Gasteiger partial charge on any atom is 0.0538 e. The van der Waals surface area contributed by atoms with Crippen molar-refractivity contribution in [3.8, 4) is 0 Å². The van der Waals surface area contributed by atoms with Crippen LogP contribution in [0.5, 0.6) is 0 Å². The van der Waals surface area contributed by atoms with Crippen molar-refractivity contribution in [3.63, 3.8) is 0 Å². The third-order valence-electron chi connectivity index (χ3n) is 4.89. The second-order valence-electron chi connectivity index (χ2n) is 5.86. The van der Waals surface area contributed by atoms with E-state index in [2.05, 4.69) is 30.8 Å². The van der Waals surface area contributed by atoms with Crippen molar-refractivity contribution in [3.05, 3.63) is 28.3 Å². The lowest BCUT2D eigenvalue weighted by Crippen LogP contribution is -2.10. The number of anilines is 1. The first-order valence-electron chi connectivity index (χ1n) is 8.33. The summed E-state index contributed by atoms with van der Waals surface area (Å²) in [5, 5.41) is 0. The van der Waals surface area contributed by atoms with Crippen LogP contribution in [0.1, 0.15) is 75.1 Å². The van der Waals surface area contributed by atoms with Crippen LogP contribution in [0.4, 0.5) is 5.69 Å². The number of aryl methyl sites for hydroxylation is 1. The molecule has 1 aliphatic heterocycles. The van der Waals surface area contributed by atoms with Crippen LogP contribution in [0.3, 0.4) is 0 Å². The maximum atomic E-state index is 3.25. The predicted molar refractivity (Wildman–Crippen MR) is 88.1 cm³/mol. The van der Waals surface area contributed by atoms with Crippen molar-refractivity contribution in [1.82, 2.24) is 5.43 Å². The number of hydrogen-bond acceptors (Lipinski definition) is 2. The highest BCUT2D eigenvalue weighted by atomic mass is 15.4. The van der Waals surface area contributed by atoms with Gasteiger partial charge in [0.2, 0.25) is 0 Å². The SMILES string of the molecule is CC.CC.Cc1cc2c(c(C)c1C1CC13CC3)CNN2. The van der Waals surface area contributed by atoms with Gasteiger partial charge in [0, 0.05) is 6.54 Å². The number of rotatable bonds is 1. The summed E-state index contributed by atoms with van der Waals surface area (Å²) in [6.07, 6.45) is 4.41. The van der Waals surface area contributed by atoms with E-state index in [9.17, 15) is 0 Å². The Morgan fingerprint density at radius 3 is 2.30 bits per heavy atom. The van der Waals surface area contributed by atoms with Gasteiger partial charge in [-0.3, -0.25) is 0 Å². The fraction of sp³-hybridized carbons (Fsp3) is 0.667. The quantitative estimate of drug-likeness (QED) is 0.748. The van der Waals surface area contributed by atoms with Crippen LogP contribution in [-0.4, -0.2) is 0 Å². The number of hydrogen-bond donors (Lipinski definition) is 2. The third kappa shape index (κ3) is 2.35. The van der Waals surface area contributed by atoms with E-state index in [4.69, 9.17) is 0 Å². The molecule has 0 amide bonds. The molecule has 112 valence electrons. The van der Waals surface area contributed by atoms with Gasteiger partial charge in [0.05, 0.1) is 5.69 Å². The van der Waals surface area contributed by atoms with Crippen LogP contribution in [0.2, 0.25) is 0 Å². The zero-order valence-electron chi connectivity index (χ0n) is 14.0. The highest BCUT2D eigenvalue weighted by molar-refractivity contribution is 5.63. The van der Waals surface area contributed by atoms with Crippen LogP contribution < -0.4 is 10.9 Å². The first kappa shape index (κ1) is 15.4. The number of fused-ring (bicyclic) bond motifs is 1. The number of benzene rings is 1. The van der Waals surface area contributed by atoms with Crippen molar-refractivity contribution < 1.29 is 0 Å². The van der Waals surface area contributed by atoms with E-state index in [-0.39, 0.29) is 0 Å².